The minimum atomic E-state index is -0.165. The van der Waals surface area contributed by atoms with Crippen molar-refractivity contribution in [2.75, 3.05) is 0 Å². The molecule has 176 valence electrons. The van der Waals surface area contributed by atoms with E-state index in [1.54, 1.807) is 0 Å². The van der Waals surface area contributed by atoms with Crippen LogP contribution in [0.4, 0.5) is 4.39 Å². The van der Waals surface area contributed by atoms with Crippen molar-refractivity contribution in [1.82, 2.24) is 4.57 Å². The van der Waals surface area contributed by atoms with Gasteiger partial charge in [0.1, 0.15) is 5.82 Å². The molecule has 1 aromatic heterocycles. The first-order chi connectivity index (χ1) is 16.1. The number of halogens is 2. The van der Waals surface area contributed by atoms with Crippen LogP contribution in [0, 0.1) is 26.6 Å². The van der Waals surface area contributed by atoms with Gasteiger partial charge in [-0.3, -0.25) is 0 Å². The van der Waals surface area contributed by atoms with Crippen LogP contribution in [0.25, 0.3) is 22.5 Å². The van der Waals surface area contributed by atoms with Crippen LogP contribution in [-0.2, 0) is 6.42 Å². The highest BCUT2D eigenvalue weighted by atomic mass is 79.9. The van der Waals surface area contributed by atoms with E-state index < -0.39 is 0 Å². The first-order valence-electron chi connectivity index (χ1n) is 11.4. The van der Waals surface area contributed by atoms with Gasteiger partial charge in [0.15, 0.2) is 0 Å². The van der Waals surface area contributed by atoms with E-state index in [9.17, 15) is 4.39 Å². The molecule has 0 aliphatic heterocycles. The second kappa shape index (κ2) is 11.3. The van der Waals surface area contributed by atoms with E-state index in [0.29, 0.717) is 0 Å². The topological polar surface area (TPSA) is 4.93 Å². The Morgan fingerprint density at radius 3 is 2.35 bits per heavy atom. The Kier molecular flexibility index (Phi) is 8.68. The molecule has 0 spiro atoms. The molecule has 4 rings (SSSR count). The first-order valence-corrected chi connectivity index (χ1v) is 12.7. The number of aromatic nitrogens is 1. The summed E-state index contributed by atoms with van der Waals surface area (Å²) < 4.78 is 15.9. The van der Waals surface area contributed by atoms with Gasteiger partial charge >= 0.3 is 0 Å². The van der Waals surface area contributed by atoms with Gasteiger partial charge in [0.05, 0.1) is 5.69 Å². The molecule has 0 aliphatic rings. The third-order valence-corrected chi connectivity index (χ3v) is 6.86. The van der Waals surface area contributed by atoms with E-state index in [0.717, 1.165) is 33.0 Å². The van der Waals surface area contributed by atoms with Crippen LogP contribution in [0.15, 0.2) is 77.8 Å². The summed E-state index contributed by atoms with van der Waals surface area (Å²) in [6.45, 7) is 14.6. The van der Waals surface area contributed by atoms with Crippen LogP contribution >= 0.6 is 25.2 Å². The summed E-state index contributed by atoms with van der Waals surface area (Å²) in [4.78, 5) is 0. The fourth-order valence-electron chi connectivity index (χ4n) is 3.94. The number of rotatable bonds is 4. The Bertz CT molecular complexity index is 1340. The van der Waals surface area contributed by atoms with E-state index in [1.165, 1.54) is 45.8 Å². The standard InChI is InChI=1S/C22H22BrN.C8H10FP/c1-14(2)18-11-19(23)13-20(12-18)24-17(5)8-9-22(24)21-10-15(3)6-7-16(21)4;1-2-6-3-4-7(9)5-8(6)10/h6-13H,1H2,2-5H3;3-5H,2,10H2,1H3. The predicted octanol–water partition coefficient (Wildman–Crippen LogP) is 8.75. The van der Waals surface area contributed by atoms with Gasteiger partial charge in [0, 0.05) is 21.4 Å². The van der Waals surface area contributed by atoms with E-state index in [1.807, 2.05) is 13.0 Å². The molecule has 1 nitrogen and oxygen atoms in total. The third kappa shape index (κ3) is 6.14. The Balaban J connectivity index is 0.000000271. The average molecular weight is 536 g/mol. The minimum Gasteiger partial charge on any atom is -0.314 e. The monoisotopic (exact) mass is 535 g/mol. The first kappa shape index (κ1) is 26.1. The molecule has 1 heterocycles. The molecular formula is C30H32BrFNP. The quantitative estimate of drug-likeness (QED) is 0.230. The fourth-order valence-corrected chi connectivity index (χ4v) is 4.88. The summed E-state index contributed by atoms with van der Waals surface area (Å²) in [6, 6.07) is 22.3. The van der Waals surface area contributed by atoms with Crippen molar-refractivity contribution in [3.63, 3.8) is 0 Å². The van der Waals surface area contributed by atoms with Crippen molar-refractivity contribution < 1.29 is 4.39 Å². The molecule has 34 heavy (non-hydrogen) atoms. The summed E-state index contributed by atoms with van der Waals surface area (Å²) in [6.07, 6.45) is 0.957. The number of hydrogen-bond donors (Lipinski definition) is 0. The van der Waals surface area contributed by atoms with Crippen LogP contribution in [0.5, 0.6) is 0 Å². The van der Waals surface area contributed by atoms with Crippen molar-refractivity contribution in [1.29, 1.82) is 0 Å². The molecule has 0 fully saturated rings. The smallest absolute Gasteiger partial charge is 0.123 e. The van der Waals surface area contributed by atoms with Crippen LogP contribution in [0.1, 0.15) is 41.8 Å². The SMILES string of the molecule is C=C(C)c1cc(Br)cc(-n2c(C)ccc2-c2cc(C)ccc2C)c1.CCc1ccc(F)cc1P. The summed E-state index contributed by atoms with van der Waals surface area (Å²) in [5, 5.41) is 0.961. The van der Waals surface area contributed by atoms with Crippen molar-refractivity contribution >= 4 is 36.0 Å². The molecule has 1 unspecified atom stereocenters. The molecule has 0 saturated carbocycles. The Hall–Kier alpha value is -2.48. The maximum atomic E-state index is 12.5. The zero-order valence-electron chi connectivity index (χ0n) is 20.5. The van der Waals surface area contributed by atoms with E-state index in [4.69, 9.17) is 0 Å². The number of hydrogen-bond acceptors (Lipinski definition) is 0. The van der Waals surface area contributed by atoms with Gasteiger partial charge in [0.2, 0.25) is 0 Å². The molecule has 4 heteroatoms. The number of aryl methyl sites for hydroxylation is 4. The molecule has 0 N–H and O–H groups in total. The summed E-state index contributed by atoms with van der Waals surface area (Å²) in [7, 11) is 2.53. The van der Waals surface area contributed by atoms with Crippen molar-refractivity contribution in [2.45, 2.75) is 41.0 Å². The minimum absolute atomic E-state index is 0.165. The molecule has 1 atom stereocenters. The second-order valence-corrected chi connectivity index (χ2v) is 10.2. The lowest BCUT2D eigenvalue weighted by Crippen LogP contribution is -2.01. The highest BCUT2D eigenvalue weighted by molar-refractivity contribution is 9.10. The summed E-state index contributed by atoms with van der Waals surface area (Å²) in [5.74, 6) is -0.165. The summed E-state index contributed by atoms with van der Waals surface area (Å²) >= 11 is 3.64. The molecular weight excluding hydrogens is 504 g/mol. The largest absolute Gasteiger partial charge is 0.314 e. The van der Waals surface area contributed by atoms with Crippen molar-refractivity contribution in [2.24, 2.45) is 0 Å². The maximum absolute atomic E-state index is 12.5. The van der Waals surface area contributed by atoms with Crippen LogP contribution in [-0.4, -0.2) is 4.57 Å². The highest BCUT2D eigenvalue weighted by Gasteiger charge is 2.13. The Morgan fingerprint density at radius 2 is 1.71 bits per heavy atom. The van der Waals surface area contributed by atoms with E-state index in [-0.39, 0.29) is 5.82 Å². The number of nitrogens with zero attached hydrogens (tertiary/aromatic N) is 1. The van der Waals surface area contributed by atoms with Crippen LogP contribution < -0.4 is 5.30 Å². The molecule has 0 bridgehead atoms. The predicted molar refractivity (Wildman–Crippen MR) is 153 cm³/mol. The number of benzene rings is 3. The maximum Gasteiger partial charge on any atom is 0.123 e. The zero-order valence-corrected chi connectivity index (χ0v) is 23.3. The average Bonchev–Trinajstić information content (AvgIpc) is 3.16. The lowest BCUT2D eigenvalue weighted by atomic mass is 10.0. The van der Waals surface area contributed by atoms with Gasteiger partial charge in [-0.15, -0.1) is 9.24 Å². The van der Waals surface area contributed by atoms with Gasteiger partial charge in [-0.1, -0.05) is 58.8 Å². The molecule has 0 radical (unpaired) electrons. The second-order valence-electron chi connectivity index (χ2n) is 8.69. The fraction of sp³-hybridized carbons (Fsp3) is 0.200. The van der Waals surface area contributed by atoms with Gasteiger partial charge < -0.3 is 4.57 Å². The Morgan fingerprint density at radius 1 is 0.971 bits per heavy atom. The lowest BCUT2D eigenvalue weighted by molar-refractivity contribution is 0.628. The van der Waals surface area contributed by atoms with Gasteiger partial charge in [-0.25, -0.2) is 4.39 Å². The lowest BCUT2D eigenvalue weighted by Gasteiger charge is -2.16. The van der Waals surface area contributed by atoms with Crippen LogP contribution in [0.3, 0.4) is 0 Å². The van der Waals surface area contributed by atoms with E-state index in [2.05, 4.69) is 113 Å². The van der Waals surface area contributed by atoms with Gasteiger partial charge in [0.25, 0.3) is 0 Å². The van der Waals surface area contributed by atoms with Crippen molar-refractivity contribution in [3.05, 3.63) is 112 Å². The third-order valence-electron chi connectivity index (χ3n) is 5.87. The van der Waals surface area contributed by atoms with E-state index >= 15 is 0 Å². The Labute approximate surface area is 214 Å². The number of allylic oxidation sites excluding steroid dienone is 1. The highest BCUT2D eigenvalue weighted by Crippen LogP contribution is 2.32. The molecule has 0 saturated heterocycles. The molecule has 4 aromatic rings. The normalized spacial score (nSPS) is 10.6. The summed E-state index contributed by atoms with van der Waals surface area (Å²) in [5.41, 5.74) is 10.8. The van der Waals surface area contributed by atoms with Crippen LogP contribution in [0.2, 0.25) is 0 Å². The zero-order chi connectivity index (χ0) is 25.0. The van der Waals surface area contributed by atoms with Crippen molar-refractivity contribution in [3.8, 4) is 16.9 Å². The molecule has 0 amide bonds. The van der Waals surface area contributed by atoms with Gasteiger partial charge in [-0.05, 0) is 105 Å². The van der Waals surface area contributed by atoms with Gasteiger partial charge in [-0.2, -0.15) is 0 Å². The molecule has 0 aliphatic carbocycles. The molecule has 3 aromatic carbocycles.